The van der Waals surface area contributed by atoms with E-state index >= 15 is 0 Å². The zero-order valence-electron chi connectivity index (χ0n) is 13.3. The molecule has 1 unspecified atom stereocenters. The van der Waals surface area contributed by atoms with E-state index in [1.165, 1.54) is 11.3 Å². The number of hydrogen-bond donors (Lipinski definition) is 1. The van der Waals surface area contributed by atoms with Crippen molar-refractivity contribution < 1.29 is 4.74 Å². The standard InChI is InChI=1S/C18H26N2O/c1-4-11-20-12-5-6-17(20)13-19-16(3)14-21-18-9-7-15(2)8-10-18/h5-10,12,16,19H,4,11,13-14H2,1-3H3. The highest BCUT2D eigenvalue weighted by atomic mass is 16.5. The number of aryl methyl sites for hydroxylation is 2. The minimum absolute atomic E-state index is 0.316. The first-order valence-corrected chi connectivity index (χ1v) is 7.76. The van der Waals surface area contributed by atoms with Gasteiger partial charge in [0.1, 0.15) is 12.4 Å². The van der Waals surface area contributed by atoms with Gasteiger partial charge < -0.3 is 14.6 Å². The Morgan fingerprint density at radius 1 is 1.19 bits per heavy atom. The minimum Gasteiger partial charge on any atom is -0.492 e. The maximum atomic E-state index is 5.80. The Kier molecular flexibility index (Phi) is 5.88. The lowest BCUT2D eigenvalue weighted by Crippen LogP contribution is -2.32. The molecule has 0 aliphatic heterocycles. The molecule has 0 amide bonds. The Labute approximate surface area is 127 Å². The monoisotopic (exact) mass is 286 g/mol. The molecular weight excluding hydrogens is 260 g/mol. The van der Waals surface area contributed by atoms with Crippen molar-refractivity contribution >= 4 is 0 Å². The summed E-state index contributed by atoms with van der Waals surface area (Å²) in [4.78, 5) is 0. The summed E-state index contributed by atoms with van der Waals surface area (Å²) in [5.74, 6) is 0.934. The lowest BCUT2D eigenvalue weighted by Gasteiger charge is -2.16. The summed E-state index contributed by atoms with van der Waals surface area (Å²) < 4.78 is 8.11. The number of nitrogens with one attached hydrogen (secondary N) is 1. The maximum absolute atomic E-state index is 5.80. The van der Waals surface area contributed by atoms with Gasteiger partial charge in [-0.2, -0.15) is 0 Å². The van der Waals surface area contributed by atoms with Crippen LogP contribution in [-0.4, -0.2) is 17.2 Å². The van der Waals surface area contributed by atoms with Crippen LogP contribution in [0.4, 0.5) is 0 Å². The third-order valence-corrected chi connectivity index (χ3v) is 3.54. The Morgan fingerprint density at radius 3 is 2.67 bits per heavy atom. The zero-order chi connectivity index (χ0) is 15.1. The van der Waals surface area contributed by atoms with Crippen molar-refractivity contribution in [2.45, 2.75) is 46.3 Å². The van der Waals surface area contributed by atoms with Gasteiger partial charge in [0.05, 0.1) is 0 Å². The summed E-state index contributed by atoms with van der Waals surface area (Å²) in [5, 5.41) is 3.52. The van der Waals surface area contributed by atoms with Crippen molar-refractivity contribution in [3.8, 4) is 5.75 Å². The number of aromatic nitrogens is 1. The second-order valence-corrected chi connectivity index (χ2v) is 5.60. The fourth-order valence-electron chi connectivity index (χ4n) is 2.26. The van der Waals surface area contributed by atoms with E-state index < -0.39 is 0 Å². The van der Waals surface area contributed by atoms with Crippen molar-refractivity contribution in [3.05, 3.63) is 53.9 Å². The van der Waals surface area contributed by atoms with Gasteiger partial charge in [0, 0.05) is 31.0 Å². The van der Waals surface area contributed by atoms with Crippen molar-refractivity contribution in [1.29, 1.82) is 0 Å². The highest BCUT2D eigenvalue weighted by Gasteiger charge is 2.05. The Balaban J connectivity index is 1.75. The van der Waals surface area contributed by atoms with Gasteiger partial charge >= 0.3 is 0 Å². The van der Waals surface area contributed by atoms with Gasteiger partial charge in [0.25, 0.3) is 0 Å². The van der Waals surface area contributed by atoms with E-state index in [2.05, 4.69) is 61.1 Å². The molecule has 1 N–H and O–H groups in total. The minimum atomic E-state index is 0.316. The summed E-state index contributed by atoms with van der Waals surface area (Å²) in [7, 11) is 0. The van der Waals surface area contributed by atoms with E-state index in [1.807, 2.05) is 12.1 Å². The van der Waals surface area contributed by atoms with Crippen LogP contribution in [0.25, 0.3) is 0 Å². The van der Waals surface area contributed by atoms with E-state index in [4.69, 9.17) is 4.74 Å². The fourth-order valence-corrected chi connectivity index (χ4v) is 2.26. The lowest BCUT2D eigenvalue weighted by molar-refractivity contribution is 0.271. The number of benzene rings is 1. The van der Waals surface area contributed by atoms with Crippen LogP contribution >= 0.6 is 0 Å². The van der Waals surface area contributed by atoms with Gasteiger partial charge in [0.15, 0.2) is 0 Å². The number of hydrogen-bond acceptors (Lipinski definition) is 2. The molecule has 0 saturated carbocycles. The summed E-state index contributed by atoms with van der Waals surface area (Å²) in [5.41, 5.74) is 2.59. The van der Waals surface area contributed by atoms with Crippen LogP contribution in [0.2, 0.25) is 0 Å². The molecule has 3 heteroatoms. The molecule has 0 spiro atoms. The van der Waals surface area contributed by atoms with Gasteiger partial charge in [-0.3, -0.25) is 0 Å². The van der Waals surface area contributed by atoms with Crippen LogP contribution < -0.4 is 10.1 Å². The van der Waals surface area contributed by atoms with E-state index in [9.17, 15) is 0 Å². The topological polar surface area (TPSA) is 26.2 Å². The molecule has 114 valence electrons. The van der Waals surface area contributed by atoms with Crippen LogP contribution in [-0.2, 0) is 13.1 Å². The average Bonchev–Trinajstić information content (AvgIpc) is 2.92. The summed E-state index contributed by atoms with van der Waals surface area (Å²) in [6, 6.07) is 12.8. The fraction of sp³-hybridized carbons (Fsp3) is 0.444. The molecule has 2 aromatic rings. The second-order valence-electron chi connectivity index (χ2n) is 5.60. The van der Waals surface area contributed by atoms with Gasteiger partial charge in [-0.15, -0.1) is 0 Å². The van der Waals surface area contributed by atoms with E-state index in [1.54, 1.807) is 0 Å². The van der Waals surface area contributed by atoms with Gasteiger partial charge in [-0.1, -0.05) is 24.6 Å². The van der Waals surface area contributed by atoms with Crippen LogP contribution in [0.5, 0.6) is 5.75 Å². The molecule has 0 radical (unpaired) electrons. The van der Waals surface area contributed by atoms with Crippen LogP contribution in [0.15, 0.2) is 42.6 Å². The summed E-state index contributed by atoms with van der Waals surface area (Å²) in [6.07, 6.45) is 3.31. The second kappa shape index (κ2) is 7.89. The summed E-state index contributed by atoms with van der Waals surface area (Å²) in [6.45, 7) is 9.08. The average molecular weight is 286 g/mol. The van der Waals surface area contributed by atoms with Crippen molar-refractivity contribution in [2.75, 3.05) is 6.61 Å². The van der Waals surface area contributed by atoms with Crippen LogP contribution in [0.3, 0.4) is 0 Å². The van der Waals surface area contributed by atoms with E-state index in [-0.39, 0.29) is 0 Å². The molecule has 1 aromatic heterocycles. The number of ether oxygens (including phenoxy) is 1. The molecule has 21 heavy (non-hydrogen) atoms. The first-order valence-electron chi connectivity index (χ1n) is 7.76. The molecule has 0 saturated heterocycles. The Morgan fingerprint density at radius 2 is 1.95 bits per heavy atom. The smallest absolute Gasteiger partial charge is 0.119 e. The molecule has 1 atom stereocenters. The van der Waals surface area contributed by atoms with Crippen LogP contribution in [0.1, 0.15) is 31.5 Å². The maximum Gasteiger partial charge on any atom is 0.119 e. The molecule has 0 aliphatic rings. The van der Waals surface area contributed by atoms with Gasteiger partial charge in [-0.25, -0.2) is 0 Å². The molecule has 2 rings (SSSR count). The van der Waals surface area contributed by atoms with Gasteiger partial charge in [-0.05, 0) is 44.5 Å². The molecule has 3 nitrogen and oxygen atoms in total. The number of rotatable bonds is 8. The first-order chi connectivity index (χ1) is 10.2. The van der Waals surface area contributed by atoms with E-state index in [0.717, 1.165) is 25.3 Å². The largest absolute Gasteiger partial charge is 0.492 e. The summed E-state index contributed by atoms with van der Waals surface area (Å²) >= 11 is 0. The Bertz CT molecular complexity index is 530. The van der Waals surface area contributed by atoms with Crippen molar-refractivity contribution in [2.24, 2.45) is 0 Å². The molecule has 0 fully saturated rings. The number of nitrogens with zero attached hydrogens (tertiary/aromatic N) is 1. The zero-order valence-corrected chi connectivity index (χ0v) is 13.3. The third kappa shape index (κ3) is 4.94. The van der Waals surface area contributed by atoms with Gasteiger partial charge in [0.2, 0.25) is 0 Å². The Hall–Kier alpha value is -1.74. The normalized spacial score (nSPS) is 12.3. The molecule has 0 aliphatic carbocycles. The predicted octanol–water partition coefficient (Wildman–Crippen LogP) is 3.76. The van der Waals surface area contributed by atoms with Crippen LogP contribution in [0, 0.1) is 6.92 Å². The molecular formula is C18H26N2O. The highest BCUT2D eigenvalue weighted by molar-refractivity contribution is 5.26. The molecule has 1 heterocycles. The lowest BCUT2D eigenvalue weighted by atomic mass is 10.2. The molecule has 0 bridgehead atoms. The van der Waals surface area contributed by atoms with E-state index in [0.29, 0.717) is 12.6 Å². The predicted molar refractivity (Wildman–Crippen MR) is 87.7 cm³/mol. The third-order valence-electron chi connectivity index (χ3n) is 3.54. The first kappa shape index (κ1) is 15.6. The molecule has 1 aromatic carbocycles. The quantitative estimate of drug-likeness (QED) is 0.799. The van der Waals surface area contributed by atoms with Crippen molar-refractivity contribution in [3.63, 3.8) is 0 Å². The SMILES string of the molecule is CCCn1cccc1CNC(C)COc1ccc(C)cc1. The highest BCUT2D eigenvalue weighted by Crippen LogP contribution is 2.11. The van der Waals surface area contributed by atoms with Crippen molar-refractivity contribution in [1.82, 2.24) is 9.88 Å².